The van der Waals surface area contributed by atoms with Gasteiger partial charge >= 0.3 is 11.9 Å². The normalized spacial score (nSPS) is 12.2. The molecule has 1 unspecified atom stereocenters. The van der Waals surface area contributed by atoms with Crippen molar-refractivity contribution in [3.63, 3.8) is 0 Å². The number of rotatable bonds is 7. The first-order chi connectivity index (χ1) is 11.9. The van der Waals surface area contributed by atoms with Crippen LogP contribution in [0.4, 0.5) is 0 Å². The Labute approximate surface area is 166 Å². The Hall–Kier alpha value is -1.99. The fourth-order valence-electron chi connectivity index (χ4n) is 2.96. The Kier molecular flexibility index (Phi) is 9.08. The largest absolute Gasteiger partial charge is 0.507 e. The maximum Gasteiger partial charge on any atom is 0.343 e. The van der Waals surface area contributed by atoms with Crippen molar-refractivity contribution in [2.45, 2.75) is 66.0 Å². The molecule has 0 saturated carbocycles. The van der Waals surface area contributed by atoms with Gasteiger partial charge in [0.25, 0.3) is 0 Å². The fraction of sp³-hybridized carbons (Fsp3) is 0.579. The summed E-state index contributed by atoms with van der Waals surface area (Å²) in [5.41, 5.74) is 0.412. The Morgan fingerprint density at radius 3 is 1.81 bits per heavy atom. The highest BCUT2D eigenvalue weighted by Gasteiger charge is 2.31. The maximum atomic E-state index is 11.6. The van der Waals surface area contributed by atoms with Crippen LogP contribution in [0.1, 0.15) is 74.7 Å². The number of carbonyl (C=O) groups excluding carboxylic acids is 1. The summed E-state index contributed by atoms with van der Waals surface area (Å²) in [5.74, 6) is -2.89. The van der Waals surface area contributed by atoms with Gasteiger partial charge in [0.15, 0.2) is 0 Å². The van der Waals surface area contributed by atoms with E-state index in [-0.39, 0.29) is 24.5 Å². The van der Waals surface area contributed by atoms with E-state index < -0.39 is 35.1 Å². The molecule has 1 aromatic carbocycles. The van der Waals surface area contributed by atoms with Crippen molar-refractivity contribution in [1.82, 2.24) is 5.32 Å². The van der Waals surface area contributed by atoms with Crippen molar-refractivity contribution < 1.29 is 29.6 Å². The van der Waals surface area contributed by atoms with Crippen molar-refractivity contribution >= 4 is 24.3 Å². The zero-order valence-corrected chi connectivity index (χ0v) is 17.5. The number of ether oxygens (including phenoxy) is 1. The van der Waals surface area contributed by atoms with Crippen LogP contribution < -0.4 is 5.32 Å². The van der Waals surface area contributed by atoms with Crippen molar-refractivity contribution in [1.29, 1.82) is 0 Å². The SMILES string of the molecule is CCc1c(O)c(C(=O)O)c(O)c(CC)c1C(CNC(C)(C)C)OC(C)=O.Cl. The fourth-order valence-corrected chi connectivity index (χ4v) is 2.96. The van der Waals surface area contributed by atoms with Crippen LogP contribution in [-0.2, 0) is 22.4 Å². The number of benzene rings is 1. The smallest absolute Gasteiger partial charge is 0.343 e. The van der Waals surface area contributed by atoms with Crippen molar-refractivity contribution in [2.24, 2.45) is 0 Å². The summed E-state index contributed by atoms with van der Waals surface area (Å²) >= 11 is 0. The number of carbonyl (C=O) groups is 2. The average Bonchev–Trinajstić information content (AvgIpc) is 2.49. The first-order valence-electron chi connectivity index (χ1n) is 8.69. The number of carboxylic acid groups (broad SMARTS) is 1. The monoisotopic (exact) mass is 403 g/mol. The summed E-state index contributed by atoms with van der Waals surface area (Å²) < 4.78 is 5.46. The topological polar surface area (TPSA) is 116 Å². The molecule has 0 heterocycles. The third kappa shape index (κ3) is 6.01. The predicted octanol–water partition coefficient (Wildman–Crippen LogP) is 3.33. The molecule has 1 rings (SSSR count). The number of aromatic hydroxyl groups is 2. The summed E-state index contributed by atoms with van der Waals surface area (Å²) in [6.07, 6.45) is -0.124. The van der Waals surface area contributed by atoms with Gasteiger partial charge in [0, 0.05) is 35.7 Å². The van der Waals surface area contributed by atoms with E-state index in [1.54, 1.807) is 13.8 Å². The number of carboxylic acids is 1. The van der Waals surface area contributed by atoms with Crippen LogP contribution in [0, 0.1) is 0 Å². The minimum absolute atomic E-state index is 0. The Balaban J connectivity index is 0.00000676. The number of nitrogens with one attached hydrogen (secondary N) is 1. The van der Waals surface area contributed by atoms with Gasteiger partial charge in [0.1, 0.15) is 23.2 Å². The molecule has 0 aromatic heterocycles. The molecule has 0 radical (unpaired) electrons. The third-order valence-corrected chi connectivity index (χ3v) is 4.06. The second kappa shape index (κ2) is 9.80. The molecular weight excluding hydrogens is 374 g/mol. The molecule has 0 spiro atoms. The molecule has 0 aliphatic carbocycles. The Morgan fingerprint density at radius 1 is 1.07 bits per heavy atom. The zero-order valence-electron chi connectivity index (χ0n) is 16.7. The van der Waals surface area contributed by atoms with E-state index in [0.29, 0.717) is 29.5 Å². The minimum Gasteiger partial charge on any atom is -0.507 e. The van der Waals surface area contributed by atoms with Gasteiger partial charge in [0.05, 0.1) is 0 Å². The van der Waals surface area contributed by atoms with Crippen LogP contribution in [0.3, 0.4) is 0 Å². The van der Waals surface area contributed by atoms with E-state index in [1.165, 1.54) is 6.92 Å². The summed E-state index contributed by atoms with van der Waals surface area (Å²) in [5, 5.41) is 33.5. The standard InChI is InChI=1S/C19H29NO6.ClH/c1-7-11-14(13(26-10(3)21)9-20-19(4,5)6)12(8-2)17(23)15(16(11)22)18(24)25;/h13,20,22-23H,7-9H2,1-6H3,(H,24,25);1H. The van der Waals surface area contributed by atoms with Crippen LogP contribution in [0.15, 0.2) is 0 Å². The van der Waals surface area contributed by atoms with Gasteiger partial charge in [0.2, 0.25) is 0 Å². The molecule has 0 aliphatic heterocycles. The molecule has 8 heteroatoms. The molecule has 154 valence electrons. The number of hydrogen-bond acceptors (Lipinski definition) is 6. The molecule has 0 saturated heterocycles. The second-order valence-corrected chi connectivity index (χ2v) is 7.18. The molecule has 1 aromatic rings. The van der Waals surface area contributed by atoms with Gasteiger partial charge < -0.3 is 25.4 Å². The Bertz CT molecular complexity index is 665. The van der Waals surface area contributed by atoms with Crippen molar-refractivity contribution in [3.8, 4) is 11.5 Å². The molecule has 27 heavy (non-hydrogen) atoms. The van der Waals surface area contributed by atoms with Crippen LogP contribution in [0.5, 0.6) is 11.5 Å². The lowest BCUT2D eigenvalue weighted by atomic mass is 9.88. The van der Waals surface area contributed by atoms with Gasteiger partial charge in [-0.15, -0.1) is 12.4 Å². The number of phenols is 2. The van der Waals surface area contributed by atoms with Crippen molar-refractivity contribution in [3.05, 3.63) is 22.3 Å². The molecule has 7 nitrogen and oxygen atoms in total. The van der Waals surface area contributed by atoms with Crippen LogP contribution in [0.2, 0.25) is 0 Å². The molecule has 0 aliphatic rings. The second-order valence-electron chi connectivity index (χ2n) is 7.18. The van der Waals surface area contributed by atoms with Crippen LogP contribution in [-0.4, -0.2) is 39.3 Å². The van der Waals surface area contributed by atoms with Crippen molar-refractivity contribution in [2.75, 3.05) is 6.54 Å². The van der Waals surface area contributed by atoms with E-state index >= 15 is 0 Å². The first kappa shape index (κ1) is 25.0. The number of hydrogen-bond donors (Lipinski definition) is 4. The lowest BCUT2D eigenvalue weighted by Crippen LogP contribution is -2.39. The van der Waals surface area contributed by atoms with Gasteiger partial charge in [-0.05, 0) is 33.6 Å². The lowest BCUT2D eigenvalue weighted by molar-refractivity contribution is -0.146. The van der Waals surface area contributed by atoms with Gasteiger partial charge in [-0.2, -0.15) is 0 Å². The molecule has 0 bridgehead atoms. The van der Waals surface area contributed by atoms with E-state index in [9.17, 15) is 24.9 Å². The zero-order chi connectivity index (χ0) is 20.2. The number of halogens is 1. The minimum atomic E-state index is -1.41. The maximum absolute atomic E-state index is 11.6. The van der Waals surface area contributed by atoms with E-state index in [1.807, 2.05) is 20.8 Å². The summed E-state index contributed by atoms with van der Waals surface area (Å²) in [6, 6.07) is 0. The predicted molar refractivity (Wildman–Crippen MR) is 105 cm³/mol. The van der Waals surface area contributed by atoms with E-state index in [2.05, 4.69) is 5.32 Å². The summed E-state index contributed by atoms with van der Waals surface area (Å²) in [4.78, 5) is 23.1. The number of esters is 1. The third-order valence-electron chi connectivity index (χ3n) is 4.06. The Morgan fingerprint density at radius 2 is 1.52 bits per heavy atom. The van der Waals surface area contributed by atoms with E-state index in [4.69, 9.17) is 4.74 Å². The molecular formula is C19H30ClNO6. The average molecular weight is 404 g/mol. The molecule has 0 fully saturated rings. The molecule has 4 N–H and O–H groups in total. The quantitative estimate of drug-likeness (QED) is 0.516. The summed E-state index contributed by atoms with van der Waals surface area (Å²) in [7, 11) is 0. The van der Waals surface area contributed by atoms with Crippen LogP contribution >= 0.6 is 12.4 Å². The lowest BCUT2D eigenvalue weighted by Gasteiger charge is -2.29. The molecule has 0 amide bonds. The highest BCUT2D eigenvalue weighted by atomic mass is 35.5. The van der Waals surface area contributed by atoms with Gasteiger partial charge in [-0.3, -0.25) is 4.79 Å². The highest BCUT2D eigenvalue weighted by molar-refractivity contribution is 5.95. The molecule has 1 atom stereocenters. The van der Waals surface area contributed by atoms with Gasteiger partial charge in [-0.25, -0.2) is 4.79 Å². The van der Waals surface area contributed by atoms with E-state index in [0.717, 1.165) is 0 Å². The van der Waals surface area contributed by atoms with Gasteiger partial charge in [-0.1, -0.05) is 13.8 Å². The first-order valence-corrected chi connectivity index (χ1v) is 8.69. The summed E-state index contributed by atoms with van der Waals surface area (Å²) in [6.45, 7) is 11.0. The highest BCUT2D eigenvalue weighted by Crippen LogP contribution is 2.42. The number of aromatic carboxylic acids is 1. The van der Waals surface area contributed by atoms with Crippen LogP contribution in [0.25, 0.3) is 0 Å².